The minimum absolute atomic E-state index is 0.199. The van der Waals surface area contributed by atoms with Crippen molar-refractivity contribution in [2.24, 2.45) is 0 Å². The fourth-order valence-corrected chi connectivity index (χ4v) is 3.25. The second-order valence-electron chi connectivity index (χ2n) is 4.60. The SMILES string of the molecule is CCCCC(=CC=S)c1ccc(-c2ccc(F)cc2)s1. The third-order valence-electron chi connectivity index (χ3n) is 3.12. The Hall–Kier alpha value is -1.32. The van der Waals surface area contributed by atoms with Gasteiger partial charge in [-0.15, -0.1) is 11.3 Å². The molecule has 3 heteroatoms. The number of thiophene rings is 1. The highest BCUT2D eigenvalue weighted by Gasteiger charge is 2.07. The van der Waals surface area contributed by atoms with Gasteiger partial charge < -0.3 is 0 Å². The number of thiocarbonyl (C=S) groups is 1. The lowest BCUT2D eigenvalue weighted by atomic mass is 10.1. The molecule has 0 spiro atoms. The number of allylic oxidation sites excluding steroid dienone is 2. The van der Waals surface area contributed by atoms with E-state index < -0.39 is 0 Å². The first-order chi connectivity index (χ1) is 9.74. The maximum Gasteiger partial charge on any atom is 0.123 e. The molecule has 0 unspecified atom stereocenters. The molecule has 0 saturated carbocycles. The van der Waals surface area contributed by atoms with Crippen molar-refractivity contribution >= 4 is 34.5 Å². The number of halogens is 1. The second kappa shape index (κ2) is 7.46. The van der Waals surface area contributed by atoms with Gasteiger partial charge in [0, 0.05) is 15.1 Å². The molecular weight excluding hydrogens is 287 g/mol. The van der Waals surface area contributed by atoms with Gasteiger partial charge in [-0.1, -0.05) is 37.7 Å². The fourth-order valence-electron chi connectivity index (χ4n) is 2.02. The standard InChI is InChI=1S/C17H17FS2/c1-2-3-4-13(11-12-19)16-9-10-17(20-16)14-5-7-15(18)8-6-14/h5-12H,2-4H2,1H3. The van der Waals surface area contributed by atoms with E-state index in [4.69, 9.17) is 12.2 Å². The van der Waals surface area contributed by atoms with Crippen molar-refractivity contribution in [2.75, 3.05) is 0 Å². The Morgan fingerprint density at radius 2 is 1.95 bits per heavy atom. The molecule has 104 valence electrons. The van der Waals surface area contributed by atoms with Crippen LogP contribution in [-0.4, -0.2) is 5.37 Å². The maximum atomic E-state index is 13.0. The highest BCUT2D eigenvalue weighted by Crippen LogP contribution is 2.33. The summed E-state index contributed by atoms with van der Waals surface area (Å²) < 4.78 is 13.0. The lowest BCUT2D eigenvalue weighted by Gasteiger charge is -2.03. The topological polar surface area (TPSA) is 0 Å². The van der Waals surface area contributed by atoms with Crippen LogP contribution in [0.1, 0.15) is 31.1 Å². The first kappa shape index (κ1) is 15.1. The molecule has 0 bridgehead atoms. The van der Waals surface area contributed by atoms with Crippen molar-refractivity contribution in [2.45, 2.75) is 26.2 Å². The van der Waals surface area contributed by atoms with Gasteiger partial charge in [-0.25, -0.2) is 4.39 Å². The van der Waals surface area contributed by atoms with E-state index in [0.717, 1.165) is 16.9 Å². The van der Waals surface area contributed by atoms with Crippen LogP contribution in [0.3, 0.4) is 0 Å². The zero-order valence-corrected chi connectivity index (χ0v) is 13.1. The molecule has 0 atom stereocenters. The zero-order valence-electron chi connectivity index (χ0n) is 11.4. The summed E-state index contributed by atoms with van der Waals surface area (Å²) in [5, 5.41) is 1.68. The van der Waals surface area contributed by atoms with E-state index in [2.05, 4.69) is 19.1 Å². The Bertz CT molecular complexity index is 594. The highest BCUT2D eigenvalue weighted by atomic mass is 32.1. The first-order valence-corrected chi connectivity index (χ1v) is 8.04. The summed E-state index contributed by atoms with van der Waals surface area (Å²) in [6.45, 7) is 2.19. The Morgan fingerprint density at radius 1 is 1.20 bits per heavy atom. The summed E-state index contributed by atoms with van der Waals surface area (Å²) >= 11 is 6.69. The van der Waals surface area contributed by atoms with Gasteiger partial charge in [-0.05, 0) is 54.3 Å². The molecule has 1 heterocycles. The number of hydrogen-bond donors (Lipinski definition) is 0. The van der Waals surface area contributed by atoms with E-state index in [1.807, 2.05) is 18.2 Å². The molecule has 0 radical (unpaired) electrons. The van der Waals surface area contributed by atoms with Crippen LogP contribution in [0.5, 0.6) is 0 Å². The number of unbranched alkanes of at least 4 members (excludes halogenated alkanes) is 1. The van der Waals surface area contributed by atoms with Gasteiger partial charge in [0.25, 0.3) is 0 Å². The summed E-state index contributed by atoms with van der Waals surface area (Å²) in [5.74, 6) is -0.199. The van der Waals surface area contributed by atoms with Crippen LogP contribution < -0.4 is 0 Å². The Kier molecular flexibility index (Phi) is 5.62. The molecule has 0 aliphatic heterocycles. The molecule has 0 N–H and O–H groups in total. The van der Waals surface area contributed by atoms with Gasteiger partial charge in [0.15, 0.2) is 0 Å². The van der Waals surface area contributed by atoms with Gasteiger partial charge in [-0.2, -0.15) is 0 Å². The number of hydrogen-bond acceptors (Lipinski definition) is 2. The van der Waals surface area contributed by atoms with Crippen molar-refractivity contribution in [3.8, 4) is 10.4 Å². The molecule has 0 aliphatic rings. The first-order valence-electron chi connectivity index (χ1n) is 6.75. The van der Waals surface area contributed by atoms with E-state index in [1.165, 1.54) is 35.4 Å². The van der Waals surface area contributed by atoms with Gasteiger partial charge in [0.2, 0.25) is 0 Å². The number of benzene rings is 1. The largest absolute Gasteiger partial charge is 0.207 e. The average Bonchev–Trinajstić information content (AvgIpc) is 2.94. The average molecular weight is 304 g/mol. The van der Waals surface area contributed by atoms with E-state index in [0.29, 0.717) is 0 Å². The maximum absolute atomic E-state index is 13.0. The van der Waals surface area contributed by atoms with E-state index >= 15 is 0 Å². The van der Waals surface area contributed by atoms with Crippen LogP contribution in [0.4, 0.5) is 4.39 Å². The predicted octanol–water partition coefficient (Wildman–Crippen LogP) is 6.13. The minimum Gasteiger partial charge on any atom is -0.207 e. The lowest BCUT2D eigenvalue weighted by molar-refractivity contribution is 0.628. The molecule has 2 rings (SSSR count). The van der Waals surface area contributed by atoms with Crippen molar-refractivity contribution in [1.29, 1.82) is 0 Å². The smallest absolute Gasteiger partial charge is 0.123 e. The summed E-state index contributed by atoms with van der Waals surface area (Å²) in [6, 6.07) is 10.9. The van der Waals surface area contributed by atoms with Crippen LogP contribution in [-0.2, 0) is 0 Å². The summed E-state index contributed by atoms with van der Waals surface area (Å²) in [5.41, 5.74) is 2.35. The molecular formula is C17H17FS2. The Balaban J connectivity index is 2.24. The van der Waals surface area contributed by atoms with Gasteiger partial charge in [0.1, 0.15) is 5.82 Å². The van der Waals surface area contributed by atoms with Crippen LogP contribution in [0.15, 0.2) is 42.5 Å². The molecule has 0 aliphatic carbocycles. The van der Waals surface area contributed by atoms with Crippen LogP contribution in [0.25, 0.3) is 16.0 Å². The zero-order chi connectivity index (χ0) is 14.4. The monoisotopic (exact) mass is 304 g/mol. The van der Waals surface area contributed by atoms with Crippen molar-refractivity contribution in [1.82, 2.24) is 0 Å². The van der Waals surface area contributed by atoms with E-state index in [-0.39, 0.29) is 5.82 Å². The minimum atomic E-state index is -0.199. The Labute approximate surface area is 129 Å². The molecule has 0 amide bonds. The third-order valence-corrected chi connectivity index (χ3v) is 4.47. The predicted molar refractivity (Wildman–Crippen MR) is 90.9 cm³/mol. The van der Waals surface area contributed by atoms with Crippen molar-refractivity contribution in [3.05, 3.63) is 53.2 Å². The Morgan fingerprint density at radius 3 is 2.60 bits per heavy atom. The molecule has 1 aromatic heterocycles. The number of rotatable bonds is 6. The summed E-state index contributed by atoms with van der Waals surface area (Å²) in [4.78, 5) is 2.41. The van der Waals surface area contributed by atoms with Crippen LogP contribution >= 0.6 is 23.6 Å². The van der Waals surface area contributed by atoms with Gasteiger partial charge in [0.05, 0.1) is 0 Å². The quantitative estimate of drug-likeness (QED) is 0.457. The van der Waals surface area contributed by atoms with Gasteiger partial charge >= 0.3 is 0 Å². The molecule has 0 fully saturated rings. The van der Waals surface area contributed by atoms with Crippen LogP contribution in [0.2, 0.25) is 0 Å². The van der Waals surface area contributed by atoms with Crippen molar-refractivity contribution < 1.29 is 4.39 Å². The normalized spacial score (nSPS) is 11.6. The lowest BCUT2D eigenvalue weighted by Crippen LogP contribution is -1.81. The molecule has 1 aromatic carbocycles. The van der Waals surface area contributed by atoms with E-state index in [1.54, 1.807) is 16.7 Å². The summed E-state index contributed by atoms with van der Waals surface area (Å²) in [7, 11) is 0. The van der Waals surface area contributed by atoms with Crippen molar-refractivity contribution in [3.63, 3.8) is 0 Å². The second-order valence-corrected chi connectivity index (χ2v) is 5.96. The van der Waals surface area contributed by atoms with E-state index in [9.17, 15) is 4.39 Å². The molecule has 0 nitrogen and oxygen atoms in total. The third kappa shape index (κ3) is 3.84. The molecule has 0 saturated heterocycles. The summed E-state index contributed by atoms with van der Waals surface area (Å²) in [6.07, 6.45) is 5.40. The molecule has 2 aromatic rings. The highest BCUT2D eigenvalue weighted by molar-refractivity contribution is 7.79. The van der Waals surface area contributed by atoms with Crippen LogP contribution in [0, 0.1) is 5.82 Å². The fraction of sp³-hybridized carbons (Fsp3) is 0.235. The van der Waals surface area contributed by atoms with Gasteiger partial charge in [-0.3, -0.25) is 0 Å². The molecule has 20 heavy (non-hydrogen) atoms.